The predicted molar refractivity (Wildman–Crippen MR) is 85.6 cm³/mol. The quantitative estimate of drug-likeness (QED) is 0.645. The van der Waals surface area contributed by atoms with Crippen LogP contribution in [0.2, 0.25) is 0 Å². The molecule has 1 amide bonds. The summed E-state index contributed by atoms with van der Waals surface area (Å²) in [5.74, 6) is -0.645. The number of esters is 1. The van der Waals surface area contributed by atoms with Gasteiger partial charge in [0.15, 0.2) is 5.78 Å². The van der Waals surface area contributed by atoms with Gasteiger partial charge in [0.25, 0.3) is 0 Å². The second kappa shape index (κ2) is 6.56. The van der Waals surface area contributed by atoms with Crippen LogP contribution in [0.15, 0.2) is 0 Å². The third kappa shape index (κ3) is 3.16. The van der Waals surface area contributed by atoms with E-state index in [2.05, 4.69) is 4.98 Å². The van der Waals surface area contributed by atoms with Gasteiger partial charge in [0.1, 0.15) is 5.69 Å². The molecular weight excluding hydrogens is 296 g/mol. The van der Waals surface area contributed by atoms with Gasteiger partial charge in [0, 0.05) is 23.7 Å². The molecule has 1 aliphatic carbocycles. The molecule has 2 rings (SSSR count). The number of methoxy groups -OCH3 is 1. The summed E-state index contributed by atoms with van der Waals surface area (Å²) < 4.78 is 4.73. The Kier molecular flexibility index (Phi) is 4.92. The number of carbonyl (C=O) groups is 3. The molecule has 1 aliphatic rings. The molecule has 6 nitrogen and oxygen atoms in total. The molecule has 0 aliphatic heterocycles. The van der Waals surface area contributed by atoms with Crippen molar-refractivity contribution in [2.24, 2.45) is 0 Å². The Balaban J connectivity index is 2.34. The van der Waals surface area contributed by atoms with Crippen LogP contribution in [0, 0.1) is 13.8 Å². The Morgan fingerprint density at radius 1 is 1.30 bits per heavy atom. The van der Waals surface area contributed by atoms with E-state index in [0.29, 0.717) is 28.9 Å². The molecule has 1 saturated carbocycles. The van der Waals surface area contributed by atoms with Crippen molar-refractivity contribution in [3.8, 4) is 0 Å². The van der Waals surface area contributed by atoms with Crippen LogP contribution in [0.5, 0.6) is 0 Å². The highest BCUT2D eigenvalue weighted by Gasteiger charge is 2.39. The Morgan fingerprint density at radius 3 is 2.39 bits per heavy atom. The highest BCUT2D eigenvalue weighted by atomic mass is 16.5. The van der Waals surface area contributed by atoms with Crippen LogP contribution < -0.4 is 0 Å². The molecule has 0 aromatic carbocycles. The summed E-state index contributed by atoms with van der Waals surface area (Å²) in [5, 5.41) is 0. The number of rotatable bonds is 6. The van der Waals surface area contributed by atoms with Crippen molar-refractivity contribution in [1.82, 2.24) is 9.88 Å². The van der Waals surface area contributed by atoms with E-state index in [1.54, 1.807) is 32.6 Å². The molecule has 6 heteroatoms. The Morgan fingerprint density at radius 2 is 1.91 bits per heavy atom. The lowest BCUT2D eigenvalue weighted by molar-refractivity contribution is -0.132. The zero-order valence-electron chi connectivity index (χ0n) is 14.4. The van der Waals surface area contributed by atoms with Gasteiger partial charge in [-0.2, -0.15) is 0 Å². The van der Waals surface area contributed by atoms with E-state index in [9.17, 15) is 14.4 Å². The highest BCUT2D eigenvalue weighted by Crippen LogP contribution is 2.31. The molecule has 1 atom stereocenters. The number of aromatic amines is 1. The van der Waals surface area contributed by atoms with Gasteiger partial charge >= 0.3 is 5.97 Å². The number of hydrogen-bond acceptors (Lipinski definition) is 4. The number of nitrogens with zero attached hydrogens (tertiary/aromatic N) is 1. The predicted octanol–water partition coefficient (Wildman–Crippen LogP) is 2.39. The first-order valence-corrected chi connectivity index (χ1v) is 7.96. The molecule has 1 N–H and O–H groups in total. The van der Waals surface area contributed by atoms with Crippen LogP contribution in [0.3, 0.4) is 0 Å². The number of ketones is 1. The number of hydrogen-bond donors (Lipinski definition) is 1. The van der Waals surface area contributed by atoms with Gasteiger partial charge in [-0.25, -0.2) is 4.79 Å². The largest absolute Gasteiger partial charge is 0.464 e. The third-order valence-electron chi connectivity index (χ3n) is 4.40. The fraction of sp³-hybridized carbons (Fsp3) is 0.588. The number of Topliss-reactive ketones (excluding diaryl/α,β-unsaturated/α-hetero) is 1. The topological polar surface area (TPSA) is 79.5 Å². The van der Waals surface area contributed by atoms with Crippen LogP contribution in [0.1, 0.15) is 65.2 Å². The molecule has 1 heterocycles. The Hall–Kier alpha value is -2.11. The summed E-state index contributed by atoms with van der Waals surface area (Å²) in [6.07, 6.45) is 2.27. The van der Waals surface area contributed by atoms with Crippen molar-refractivity contribution in [2.45, 2.75) is 59.0 Å². The average molecular weight is 320 g/mol. The number of aryl methyl sites for hydroxylation is 1. The van der Waals surface area contributed by atoms with Crippen LogP contribution >= 0.6 is 0 Å². The normalized spacial score (nSPS) is 15.2. The molecule has 23 heavy (non-hydrogen) atoms. The molecule has 1 fully saturated rings. The molecule has 0 saturated heterocycles. The molecule has 1 aromatic rings. The van der Waals surface area contributed by atoms with Gasteiger partial charge < -0.3 is 14.6 Å². The summed E-state index contributed by atoms with van der Waals surface area (Å²) in [6.45, 7) is 7.04. The summed E-state index contributed by atoms with van der Waals surface area (Å²) >= 11 is 0. The van der Waals surface area contributed by atoms with Crippen molar-refractivity contribution < 1.29 is 19.1 Å². The SMILES string of the molecule is CCC(=O)N(C1CC1)[C@@H](C)C(=O)c1c(C)[nH]c(C(=O)OC)c1C. The summed E-state index contributed by atoms with van der Waals surface area (Å²) in [5.41, 5.74) is 1.97. The van der Waals surface area contributed by atoms with Crippen LogP contribution in [0.25, 0.3) is 0 Å². The van der Waals surface area contributed by atoms with E-state index in [1.165, 1.54) is 7.11 Å². The lowest BCUT2D eigenvalue weighted by Gasteiger charge is -2.28. The van der Waals surface area contributed by atoms with Crippen LogP contribution in [-0.4, -0.2) is 46.7 Å². The number of nitrogens with one attached hydrogen (secondary N) is 1. The minimum Gasteiger partial charge on any atom is -0.464 e. The minimum atomic E-state index is -0.534. The Labute approximate surface area is 136 Å². The summed E-state index contributed by atoms with van der Waals surface area (Å²) in [7, 11) is 1.30. The molecular formula is C17H24N2O4. The maximum atomic E-state index is 12.9. The van der Waals surface area contributed by atoms with E-state index in [1.807, 2.05) is 0 Å². The second-order valence-electron chi connectivity index (χ2n) is 6.04. The monoisotopic (exact) mass is 320 g/mol. The number of aromatic nitrogens is 1. The maximum Gasteiger partial charge on any atom is 0.354 e. The molecule has 0 radical (unpaired) electrons. The van der Waals surface area contributed by atoms with Gasteiger partial charge in [0.2, 0.25) is 5.91 Å². The van der Waals surface area contributed by atoms with Gasteiger partial charge in [-0.05, 0) is 39.2 Å². The fourth-order valence-electron chi connectivity index (χ4n) is 3.03. The molecule has 1 aromatic heterocycles. The van der Waals surface area contributed by atoms with E-state index in [0.717, 1.165) is 12.8 Å². The standard InChI is InChI=1S/C17H24N2O4/c1-6-13(20)19(12-7-8-12)11(4)16(21)14-9(2)15(17(22)23-5)18-10(14)3/h11-12,18H,6-8H2,1-5H3/t11-/m0/s1. The first-order valence-electron chi connectivity index (χ1n) is 7.96. The van der Waals surface area contributed by atoms with Crippen LogP contribution in [0.4, 0.5) is 0 Å². The fourth-order valence-corrected chi connectivity index (χ4v) is 3.03. The highest BCUT2D eigenvalue weighted by molar-refractivity contribution is 6.06. The smallest absolute Gasteiger partial charge is 0.354 e. The number of carbonyl (C=O) groups excluding carboxylic acids is 3. The number of H-pyrrole nitrogens is 1. The van der Waals surface area contributed by atoms with E-state index in [-0.39, 0.29) is 17.7 Å². The first-order chi connectivity index (χ1) is 10.8. The third-order valence-corrected chi connectivity index (χ3v) is 4.40. The number of amides is 1. The van der Waals surface area contributed by atoms with E-state index in [4.69, 9.17) is 4.74 Å². The first kappa shape index (κ1) is 17.2. The summed E-state index contributed by atoms with van der Waals surface area (Å²) in [4.78, 5) is 41.5. The van der Waals surface area contributed by atoms with Gasteiger partial charge in [-0.15, -0.1) is 0 Å². The van der Waals surface area contributed by atoms with Gasteiger partial charge in [-0.1, -0.05) is 6.92 Å². The lowest BCUT2D eigenvalue weighted by Crippen LogP contribution is -2.44. The molecule has 0 unspecified atom stereocenters. The average Bonchev–Trinajstić information content (AvgIpc) is 3.31. The van der Waals surface area contributed by atoms with E-state index >= 15 is 0 Å². The number of ether oxygens (including phenoxy) is 1. The van der Waals surface area contributed by atoms with E-state index < -0.39 is 12.0 Å². The zero-order chi connectivity index (χ0) is 17.3. The van der Waals surface area contributed by atoms with Crippen molar-refractivity contribution in [1.29, 1.82) is 0 Å². The minimum absolute atomic E-state index is 0.00705. The Bertz CT molecular complexity index is 643. The van der Waals surface area contributed by atoms with Crippen LogP contribution in [-0.2, 0) is 9.53 Å². The molecule has 0 bridgehead atoms. The molecule has 0 spiro atoms. The van der Waals surface area contributed by atoms with Crippen molar-refractivity contribution in [2.75, 3.05) is 7.11 Å². The lowest BCUT2D eigenvalue weighted by atomic mass is 9.99. The zero-order valence-corrected chi connectivity index (χ0v) is 14.4. The van der Waals surface area contributed by atoms with Gasteiger partial charge in [0.05, 0.1) is 13.2 Å². The van der Waals surface area contributed by atoms with Crippen molar-refractivity contribution in [3.05, 3.63) is 22.5 Å². The summed E-state index contributed by atoms with van der Waals surface area (Å²) in [6, 6.07) is -0.366. The maximum absolute atomic E-state index is 12.9. The van der Waals surface area contributed by atoms with Crippen molar-refractivity contribution >= 4 is 17.7 Å². The molecule has 126 valence electrons. The van der Waals surface area contributed by atoms with Crippen molar-refractivity contribution in [3.63, 3.8) is 0 Å². The van der Waals surface area contributed by atoms with Gasteiger partial charge in [-0.3, -0.25) is 9.59 Å². The second-order valence-corrected chi connectivity index (χ2v) is 6.04.